The predicted octanol–water partition coefficient (Wildman–Crippen LogP) is 1.46. The highest BCUT2D eigenvalue weighted by molar-refractivity contribution is 9.10. The number of anilines is 1. The van der Waals surface area contributed by atoms with Gasteiger partial charge < -0.3 is 15.8 Å². The van der Waals surface area contributed by atoms with Gasteiger partial charge in [0.1, 0.15) is 4.60 Å². The maximum atomic E-state index is 5.75. The molecule has 0 amide bonds. The molecule has 1 aromatic heterocycles. The quantitative estimate of drug-likeness (QED) is 0.884. The number of aromatic nitrogens is 2. The number of halogens is 2. The van der Waals surface area contributed by atoms with Crippen LogP contribution in [-0.2, 0) is 0 Å². The Morgan fingerprint density at radius 2 is 2.38 bits per heavy atom. The SMILES string of the molecule is Nc1nc(Cl)c(Br)nc1OC[C@@H]1CCNC1. The highest BCUT2D eigenvalue weighted by atomic mass is 79.9. The van der Waals surface area contributed by atoms with Crippen molar-refractivity contribution in [2.75, 3.05) is 25.4 Å². The zero-order valence-electron chi connectivity index (χ0n) is 8.54. The van der Waals surface area contributed by atoms with Crippen molar-refractivity contribution in [1.82, 2.24) is 15.3 Å². The van der Waals surface area contributed by atoms with E-state index in [4.69, 9.17) is 22.1 Å². The minimum atomic E-state index is 0.221. The van der Waals surface area contributed by atoms with Crippen LogP contribution in [0.15, 0.2) is 4.60 Å². The second-order valence-corrected chi connectivity index (χ2v) is 4.77. The van der Waals surface area contributed by atoms with Gasteiger partial charge in [0.25, 0.3) is 5.88 Å². The Kier molecular flexibility index (Phi) is 3.83. The summed E-state index contributed by atoms with van der Waals surface area (Å²) in [6, 6.07) is 0. The van der Waals surface area contributed by atoms with E-state index in [1.54, 1.807) is 0 Å². The first-order valence-corrected chi connectivity index (χ1v) is 6.16. The lowest BCUT2D eigenvalue weighted by Crippen LogP contribution is -2.16. The van der Waals surface area contributed by atoms with Gasteiger partial charge in [-0.05, 0) is 28.9 Å². The second kappa shape index (κ2) is 5.16. The third-order valence-electron chi connectivity index (χ3n) is 2.43. The van der Waals surface area contributed by atoms with Crippen LogP contribution in [0.25, 0.3) is 0 Å². The van der Waals surface area contributed by atoms with Crippen molar-refractivity contribution < 1.29 is 4.74 Å². The fourth-order valence-corrected chi connectivity index (χ4v) is 1.93. The molecule has 0 radical (unpaired) electrons. The Morgan fingerprint density at radius 3 is 3.06 bits per heavy atom. The zero-order valence-corrected chi connectivity index (χ0v) is 10.9. The van der Waals surface area contributed by atoms with E-state index < -0.39 is 0 Å². The summed E-state index contributed by atoms with van der Waals surface area (Å²) in [7, 11) is 0. The Balaban J connectivity index is 2.00. The summed E-state index contributed by atoms with van der Waals surface area (Å²) in [5.41, 5.74) is 5.66. The third kappa shape index (κ3) is 2.75. The minimum absolute atomic E-state index is 0.221. The van der Waals surface area contributed by atoms with Gasteiger partial charge in [0.2, 0.25) is 0 Å². The fourth-order valence-electron chi connectivity index (χ4n) is 1.55. The van der Waals surface area contributed by atoms with Crippen LogP contribution in [0, 0.1) is 5.92 Å². The molecular formula is C9H12BrClN4O. The molecule has 1 fully saturated rings. The summed E-state index contributed by atoms with van der Waals surface area (Å²) in [5.74, 6) is 1.07. The molecule has 2 heterocycles. The molecule has 7 heteroatoms. The molecule has 0 aliphatic carbocycles. The van der Waals surface area contributed by atoms with Gasteiger partial charge in [-0.3, -0.25) is 0 Å². The van der Waals surface area contributed by atoms with Crippen molar-refractivity contribution in [3.8, 4) is 5.88 Å². The van der Waals surface area contributed by atoms with Gasteiger partial charge >= 0.3 is 0 Å². The van der Waals surface area contributed by atoms with Crippen LogP contribution < -0.4 is 15.8 Å². The van der Waals surface area contributed by atoms with Crippen molar-refractivity contribution in [2.45, 2.75) is 6.42 Å². The van der Waals surface area contributed by atoms with Crippen molar-refractivity contribution in [1.29, 1.82) is 0 Å². The summed E-state index contributed by atoms with van der Waals surface area (Å²) in [4.78, 5) is 8.00. The lowest BCUT2D eigenvalue weighted by molar-refractivity contribution is 0.251. The topological polar surface area (TPSA) is 73.1 Å². The van der Waals surface area contributed by atoms with Gasteiger partial charge in [0.15, 0.2) is 11.0 Å². The largest absolute Gasteiger partial charge is 0.475 e. The molecule has 0 aromatic carbocycles. The van der Waals surface area contributed by atoms with E-state index in [9.17, 15) is 0 Å². The number of hydrogen-bond acceptors (Lipinski definition) is 5. The lowest BCUT2D eigenvalue weighted by atomic mass is 10.1. The van der Waals surface area contributed by atoms with Crippen LogP contribution in [0.1, 0.15) is 6.42 Å². The molecule has 0 saturated carbocycles. The molecular weight excluding hydrogens is 295 g/mol. The number of nitrogen functional groups attached to an aromatic ring is 1. The number of nitrogens with two attached hydrogens (primary N) is 1. The molecule has 88 valence electrons. The van der Waals surface area contributed by atoms with Gasteiger partial charge in [0, 0.05) is 12.5 Å². The average Bonchev–Trinajstić information content (AvgIpc) is 2.74. The third-order valence-corrected chi connectivity index (χ3v) is 3.47. The standard InChI is InChI=1S/C9H12BrClN4O/c10-6-7(11)15-8(12)9(14-6)16-4-5-1-2-13-3-5/h5,13H,1-4H2,(H2,12,15)/t5-/m1/s1. The van der Waals surface area contributed by atoms with Crippen LogP contribution in [0.2, 0.25) is 5.15 Å². The van der Waals surface area contributed by atoms with E-state index in [1.165, 1.54) is 0 Å². The monoisotopic (exact) mass is 306 g/mol. The van der Waals surface area contributed by atoms with Crippen LogP contribution in [-0.4, -0.2) is 29.7 Å². The molecule has 0 unspecified atom stereocenters. The smallest absolute Gasteiger partial charge is 0.258 e. The summed E-state index contributed by atoms with van der Waals surface area (Å²) < 4.78 is 5.98. The molecule has 0 bridgehead atoms. The van der Waals surface area contributed by atoms with E-state index in [0.717, 1.165) is 19.5 Å². The predicted molar refractivity (Wildman–Crippen MR) is 65.6 cm³/mol. The summed E-state index contributed by atoms with van der Waals surface area (Å²) in [6.07, 6.45) is 1.11. The zero-order chi connectivity index (χ0) is 11.5. The summed E-state index contributed by atoms with van der Waals surface area (Å²) in [5, 5.41) is 3.51. The first-order valence-electron chi connectivity index (χ1n) is 4.99. The Bertz CT molecular complexity index is 384. The van der Waals surface area contributed by atoms with E-state index in [0.29, 0.717) is 23.0 Å². The molecule has 1 aliphatic heterocycles. The summed E-state index contributed by atoms with van der Waals surface area (Å²) >= 11 is 8.93. The van der Waals surface area contributed by atoms with Gasteiger partial charge in [-0.1, -0.05) is 11.6 Å². The lowest BCUT2D eigenvalue weighted by Gasteiger charge is -2.11. The number of ether oxygens (including phenoxy) is 1. The summed E-state index contributed by atoms with van der Waals surface area (Å²) in [6.45, 7) is 2.61. The maximum Gasteiger partial charge on any atom is 0.258 e. The molecule has 1 saturated heterocycles. The Labute approximate surface area is 107 Å². The van der Waals surface area contributed by atoms with Crippen LogP contribution >= 0.6 is 27.5 Å². The molecule has 2 rings (SSSR count). The van der Waals surface area contributed by atoms with E-state index >= 15 is 0 Å². The fraction of sp³-hybridized carbons (Fsp3) is 0.556. The van der Waals surface area contributed by atoms with Crippen LogP contribution in [0.4, 0.5) is 5.82 Å². The molecule has 5 nitrogen and oxygen atoms in total. The highest BCUT2D eigenvalue weighted by Gasteiger charge is 2.17. The van der Waals surface area contributed by atoms with Gasteiger partial charge in [-0.15, -0.1) is 0 Å². The number of rotatable bonds is 3. The van der Waals surface area contributed by atoms with Crippen molar-refractivity contribution >= 4 is 33.3 Å². The average molecular weight is 308 g/mol. The van der Waals surface area contributed by atoms with Gasteiger partial charge in [-0.25, -0.2) is 4.98 Å². The van der Waals surface area contributed by atoms with Crippen LogP contribution in [0.5, 0.6) is 5.88 Å². The van der Waals surface area contributed by atoms with E-state index in [-0.39, 0.29) is 11.0 Å². The van der Waals surface area contributed by atoms with Crippen molar-refractivity contribution in [2.24, 2.45) is 5.92 Å². The molecule has 1 atom stereocenters. The molecule has 1 aromatic rings. The van der Waals surface area contributed by atoms with Gasteiger partial charge in [-0.2, -0.15) is 4.98 Å². The van der Waals surface area contributed by atoms with E-state index in [2.05, 4.69) is 31.2 Å². The van der Waals surface area contributed by atoms with Crippen molar-refractivity contribution in [3.05, 3.63) is 9.76 Å². The molecule has 1 aliphatic rings. The van der Waals surface area contributed by atoms with Crippen LogP contribution in [0.3, 0.4) is 0 Å². The number of nitrogens with one attached hydrogen (secondary N) is 1. The normalized spacial score (nSPS) is 20.0. The Hall–Kier alpha value is -0.590. The first kappa shape index (κ1) is 11.9. The second-order valence-electron chi connectivity index (χ2n) is 3.67. The first-order chi connectivity index (χ1) is 7.66. The van der Waals surface area contributed by atoms with Gasteiger partial charge in [0.05, 0.1) is 6.61 Å². The maximum absolute atomic E-state index is 5.75. The molecule has 3 N–H and O–H groups in total. The molecule has 16 heavy (non-hydrogen) atoms. The van der Waals surface area contributed by atoms with Crippen molar-refractivity contribution in [3.63, 3.8) is 0 Å². The Morgan fingerprint density at radius 1 is 1.56 bits per heavy atom. The number of nitrogens with zero attached hydrogens (tertiary/aromatic N) is 2. The highest BCUT2D eigenvalue weighted by Crippen LogP contribution is 2.25. The number of hydrogen-bond donors (Lipinski definition) is 2. The van der Waals surface area contributed by atoms with E-state index in [1.807, 2.05) is 0 Å². The molecule has 0 spiro atoms. The minimum Gasteiger partial charge on any atom is -0.475 e.